The molecule has 0 saturated carbocycles. The Kier molecular flexibility index (Phi) is 7.40. The van der Waals surface area contributed by atoms with Crippen LogP contribution in [0.25, 0.3) is 0 Å². The van der Waals surface area contributed by atoms with Gasteiger partial charge in [-0.3, -0.25) is 14.6 Å². The van der Waals surface area contributed by atoms with Crippen LogP contribution in [0.1, 0.15) is 31.1 Å². The average Bonchev–Trinajstić information content (AvgIpc) is 2.51. The third-order valence-electron chi connectivity index (χ3n) is 3.04. The van der Waals surface area contributed by atoms with E-state index in [0.717, 1.165) is 18.3 Å². The summed E-state index contributed by atoms with van der Waals surface area (Å²) in [4.78, 5) is 28.5. The molecule has 0 aromatic heterocycles. The highest BCUT2D eigenvalue weighted by Crippen LogP contribution is 2.20. The monoisotopic (exact) mass is 453 g/mol. The molecule has 24 heavy (non-hydrogen) atoms. The molecule has 0 amide bonds. The van der Waals surface area contributed by atoms with Crippen LogP contribution in [0.2, 0.25) is 0 Å². The summed E-state index contributed by atoms with van der Waals surface area (Å²) in [5.74, 6) is -5.91. The van der Waals surface area contributed by atoms with Crippen molar-refractivity contribution in [2.45, 2.75) is 26.3 Å². The molecule has 1 aromatic carbocycles. The van der Waals surface area contributed by atoms with Gasteiger partial charge >= 0.3 is 5.97 Å². The molecule has 0 heterocycles. The number of carbonyl (C=O) groups excluding carboxylic acids is 2. The van der Waals surface area contributed by atoms with Crippen LogP contribution in [-0.2, 0) is 9.53 Å². The maximum atomic E-state index is 13.9. The molecule has 0 aliphatic rings. The zero-order valence-electron chi connectivity index (χ0n) is 13.5. The lowest BCUT2D eigenvalue weighted by molar-refractivity contribution is -0.144. The molecular weight excluding hydrogens is 435 g/mol. The number of benzene rings is 1. The molecule has 1 N–H and O–H groups in total. The molecular formula is C16H18F2INO4. The molecule has 1 unspecified atom stereocenters. The first-order valence-electron chi connectivity index (χ1n) is 7.14. The SMILES string of the molecule is CCOC(=O)C(C=NC(C)(C)CO)C(=O)c1cc(I)cc(F)c1F. The largest absolute Gasteiger partial charge is 0.465 e. The van der Waals surface area contributed by atoms with Crippen LogP contribution < -0.4 is 0 Å². The number of Topliss-reactive ketones (excluding diaryl/α,β-unsaturated/α-hetero) is 1. The minimum atomic E-state index is -1.53. The molecule has 1 atom stereocenters. The Morgan fingerprint density at radius 1 is 1.42 bits per heavy atom. The van der Waals surface area contributed by atoms with Crippen LogP contribution in [-0.4, -0.2) is 41.8 Å². The number of halogens is 3. The van der Waals surface area contributed by atoms with Gasteiger partial charge in [0, 0.05) is 9.78 Å². The number of esters is 1. The molecule has 0 radical (unpaired) electrons. The highest BCUT2D eigenvalue weighted by molar-refractivity contribution is 14.1. The van der Waals surface area contributed by atoms with Gasteiger partial charge in [-0.1, -0.05) is 0 Å². The smallest absolute Gasteiger partial charge is 0.322 e. The third-order valence-corrected chi connectivity index (χ3v) is 3.66. The van der Waals surface area contributed by atoms with Crippen LogP contribution in [0, 0.1) is 21.1 Å². The van der Waals surface area contributed by atoms with E-state index < -0.39 is 40.4 Å². The lowest BCUT2D eigenvalue weighted by Crippen LogP contribution is -2.31. The highest BCUT2D eigenvalue weighted by atomic mass is 127. The van der Waals surface area contributed by atoms with Gasteiger partial charge in [-0.05, 0) is 55.5 Å². The number of aliphatic hydroxyl groups excluding tert-OH is 1. The van der Waals surface area contributed by atoms with E-state index in [4.69, 9.17) is 4.74 Å². The Hall–Kier alpha value is -1.42. The van der Waals surface area contributed by atoms with Crippen LogP contribution in [0.15, 0.2) is 17.1 Å². The summed E-state index contributed by atoms with van der Waals surface area (Å²) in [7, 11) is 0. The van der Waals surface area contributed by atoms with E-state index >= 15 is 0 Å². The predicted octanol–water partition coefficient (Wildman–Crippen LogP) is 2.77. The van der Waals surface area contributed by atoms with Crippen LogP contribution in [0.5, 0.6) is 0 Å². The summed E-state index contributed by atoms with van der Waals surface area (Å²) in [6, 6.07) is 2.09. The molecule has 0 bridgehead atoms. The van der Waals surface area contributed by atoms with Crippen molar-refractivity contribution >= 4 is 40.6 Å². The Morgan fingerprint density at radius 3 is 2.58 bits per heavy atom. The lowest BCUT2D eigenvalue weighted by Gasteiger charge is -2.17. The van der Waals surface area contributed by atoms with E-state index in [9.17, 15) is 23.5 Å². The highest BCUT2D eigenvalue weighted by Gasteiger charge is 2.31. The van der Waals surface area contributed by atoms with Gasteiger partial charge in [0.25, 0.3) is 0 Å². The zero-order valence-corrected chi connectivity index (χ0v) is 15.6. The topological polar surface area (TPSA) is 76.0 Å². The van der Waals surface area contributed by atoms with Crippen LogP contribution in [0.4, 0.5) is 8.78 Å². The van der Waals surface area contributed by atoms with Crippen LogP contribution >= 0.6 is 22.6 Å². The molecule has 0 aliphatic heterocycles. The van der Waals surface area contributed by atoms with E-state index in [1.165, 1.54) is 0 Å². The Morgan fingerprint density at radius 2 is 2.04 bits per heavy atom. The number of hydrogen-bond acceptors (Lipinski definition) is 5. The third kappa shape index (κ3) is 5.30. The van der Waals surface area contributed by atoms with Crippen molar-refractivity contribution in [3.63, 3.8) is 0 Å². The number of aliphatic hydroxyl groups is 1. The van der Waals surface area contributed by atoms with Gasteiger partial charge in [-0.25, -0.2) is 8.78 Å². The maximum absolute atomic E-state index is 13.9. The second kappa shape index (κ2) is 8.61. The quantitative estimate of drug-likeness (QED) is 0.172. The first-order chi connectivity index (χ1) is 11.1. The molecule has 0 aliphatic carbocycles. The minimum Gasteiger partial charge on any atom is -0.465 e. The summed E-state index contributed by atoms with van der Waals surface area (Å²) >= 11 is 1.74. The van der Waals surface area contributed by atoms with Crippen molar-refractivity contribution < 1.29 is 28.2 Å². The first kappa shape index (κ1) is 20.6. The van der Waals surface area contributed by atoms with Gasteiger partial charge in [0.1, 0.15) is 0 Å². The molecule has 1 rings (SSSR count). The van der Waals surface area contributed by atoms with Gasteiger partial charge in [0.2, 0.25) is 0 Å². The van der Waals surface area contributed by atoms with Crippen molar-refractivity contribution in [1.29, 1.82) is 0 Å². The molecule has 5 nitrogen and oxygen atoms in total. The fourth-order valence-electron chi connectivity index (χ4n) is 1.69. The number of nitrogens with zero attached hydrogens (tertiary/aromatic N) is 1. The maximum Gasteiger partial charge on any atom is 0.322 e. The van der Waals surface area contributed by atoms with Gasteiger partial charge in [-0.15, -0.1) is 0 Å². The van der Waals surface area contributed by atoms with Crippen molar-refractivity contribution in [1.82, 2.24) is 0 Å². The fraction of sp³-hybridized carbons (Fsp3) is 0.438. The number of rotatable bonds is 7. The van der Waals surface area contributed by atoms with Gasteiger partial charge < -0.3 is 9.84 Å². The number of hydrogen-bond donors (Lipinski definition) is 1. The van der Waals surface area contributed by atoms with E-state index in [0.29, 0.717) is 3.57 Å². The normalized spacial score (nSPS) is 13.1. The van der Waals surface area contributed by atoms with Gasteiger partial charge in [0.15, 0.2) is 23.3 Å². The van der Waals surface area contributed by atoms with Crippen molar-refractivity contribution in [2.75, 3.05) is 13.2 Å². The van der Waals surface area contributed by atoms with E-state index in [-0.39, 0.29) is 13.2 Å². The lowest BCUT2D eigenvalue weighted by atomic mass is 9.97. The average molecular weight is 453 g/mol. The molecule has 1 aromatic rings. The summed E-state index contributed by atoms with van der Waals surface area (Å²) in [5.41, 5.74) is -1.48. The Labute approximate surface area is 152 Å². The van der Waals surface area contributed by atoms with E-state index in [1.54, 1.807) is 43.4 Å². The second-order valence-corrected chi connectivity index (χ2v) is 6.84. The zero-order chi connectivity index (χ0) is 18.5. The van der Waals surface area contributed by atoms with Crippen molar-refractivity contribution in [3.8, 4) is 0 Å². The van der Waals surface area contributed by atoms with Crippen LogP contribution in [0.3, 0.4) is 0 Å². The fourth-order valence-corrected chi connectivity index (χ4v) is 2.27. The number of ketones is 1. The Bertz CT molecular complexity index is 662. The van der Waals surface area contributed by atoms with Gasteiger partial charge in [0.05, 0.1) is 24.3 Å². The summed E-state index contributed by atoms with van der Waals surface area (Å²) in [6.07, 6.45) is 1.01. The summed E-state index contributed by atoms with van der Waals surface area (Å²) < 4.78 is 32.6. The number of aliphatic imine (C=N–C) groups is 1. The summed E-state index contributed by atoms with van der Waals surface area (Å²) in [6.45, 7) is 4.42. The number of carbonyl (C=O) groups is 2. The van der Waals surface area contributed by atoms with Crippen molar-refractivity contribution in [3.05, 3.63) is 32.9 Å². The predicted molar refractivity (Wildman–Crippen MR) is 93.2 cm³/mol. The van der Waals surface area contributed by atoms with E-state index in [2.05, 4.69) is 4.99 Å². The van der Waals surface area contributed by atoms with Gasteiger partial charge in [-0.2, -0.15) is 0 Å². The Balaban J connectivity index is 3.29. The standard InChI is InChI=1S/C16H18F2INO4/c1-4-24-15(23)11(7-20-16(2,3)8-21)14(22)10-5-9(19)6-12(17)13(10)18/h5-7,11,21H,4,8H2,1-3H3. The second-order valence-electron chi connectivity index (χ2n) is 5.59. The minimum absolute atomic E-state index is 0.0169. The van der Waals surface area contributed by atoms with E-state index in [1.807, 2.05) is 0 Å². The molecule has 0 saturated heterocycles. The number of ether oxygens (including phenoxy) is 1. The molecule has 0 spiro atoms. The molecule has 8 heteroatoms. The first-order valence-corrected chi connectivity index (χ1v) is 8.22. The molecule has 132 valence electrons. The molecule has 0 fully saturated rings. The van der Waals surface area contributed by atoms with Crippen molar-refractivity contribution in [2.24, 2.45) is 10.9 Å². The summed E-state index contributed by atoms with van der Waals surface area (Å²) in [5, 5.41) is 9.20.